The summed E-state index contributed by atoms with van der Waals surface area (Å²) in [6, 6.07) is 6.36. The lowest BCUT2D eigenvalue weighted by molar-refractivity contribution is 0.219. The van der Waals surface area contributed by atoms with Crippen LogP contribution in [0.3, 0.4) is 0 Å². The average molecular weight is 527 g/mol. The Labute approximate surface area is 212 Å². The van der Waals surface area contributed by atoms with Gasteiger partial charge in [0, 0.05) is 29.4 Å². The van der Waals surface area contributed by atoms with Crippen molar-refractivity contribution in [3.05, 3.63) is 74.6 Å². The molecule has 0 spiro atoms. The number of halogens is 1. The van der Waals surface area contributed by atoms with Crippen LogP contribution in [0.5, 0.6) is 5.75 Å². The minimum absolute atomic E-state index is 0.0407. The SMILES string of the molecule is Cc1cc([C@@H](C)Oc2ccc(Cl)nc2S(N)(=O)=O)c2oc(-c3cnc(C4CC4)nc3)c(C)c(=O)c2c1. The highest BCUT2D eigenvalue weighted by Gasteiger charge is 2.27. The molecule has 4 aromatic rings. The second kappa shape index (κ2) is 8.95. The van der Waals surface area contributed by atoms with Crippen molar-refractivity contribution in [3.8, 4) is 17.1 Å². The molecule has 0 radical (unpaired) electrons. The van der Waals surface area contributed by atoms with Crippen molar-refractivity contribution in [2.75, 3.05) is 0 Å². The monoisotopic (exact) mass is 526 g/mol. The predicted octanol–water partition coefficient (Wildman–Crippen LogP) is 4.58. The van der Waals surface area contributed by atoms with E-state index in [1.54, 1.807) is 32.3 Å². The summed E-state index contributed by atoms with van der Waals surface area (Å²) < 4.78 is 36.4. The molecular weight excluding hydrogens is 504 g/mol. The molecule has 1 saturated carbocycles. The molecule has 0 unspecified atom stereocenters. The molecule has 0 amide bonds. The topological polar surface area (TPSA) is 138 Å². The highest BCUT2D eigenvalue weighted by atomic mass is 35.5. The lowest BCUT2D eigenvalue weighted by atomic mass is 10.0. The highest BCUT2D eigenvalue weighted by molar-refractivity contribution is 7.89. The normalized spacial score (nSPS) is 14.7. The van der Waals surface area contributed by atoms with Gasteiger partial charge < -0.3 is 9.15 Å². The fourth-order valence-corrected chi connectivity index (χ4v) is 4.92. The van der Waals surface area contributed by atoms with Gasteiger partial charge in [0.2, 0.25) is 5.03 Å². The summed E-state index contributed by atoms with van der Waals surface area (Å²) >= 11 is 5.87. The number of ether oxygens (including phenoxy) is 1. The number of benzene rings is 1. The first-order chi connectivity index (χ1) is 17.0. The number of nitrogens with zero attached hydrogens (tertiary/aromatic N) is 3. The summed E-state index contributed by atoms with van der Waals surface area (Å²) in [6.07, 6.45) is 4.77. The molecule has 0 aliphatic heterocycles. The zero-order chi connectivity index (χ0) is 25.8. The summed E-state index contributed by atoms with van der Waals surface area (Å²) in [5.41, 5.74) is 2.53. The van der Waals surface area contributed by atoms with E-state index in [1.807, 2.05) is 13.0 Å². The number of hydrogen-bond acceptors (Lipinski definition) is 8. The Morgan fingerprint density at radius 2 is 1.86 bits per heavy atom. The van der Waals surface area contributed by atoms with Crippen LogP contribution in [-0.4, -0.2) is 23.4 Å². The first kappa shape index (κ1) is 24.4. The predicted molar refractivity (Wildman–Crippen MR) is 135 cm³/mol. The lowest BCUT2D eigenvalue weighted by Crippen LogP contribution is -2.17. The highest BCUT2D eigenvalue weighted by Crippen LogP contribution is 2.38. The van der Waals surface area contributed by atoms with Crippen molar-refractivity contribution in [1.29, 1.82) is 0 Å². The van der Waals surface area contributed by atoms with Gasteiger partial charge in [-0.25, -0.2) is 28.5 Å². The molecule has 1 atom stereocenters. The second-order valence-corrected chi connectivity index (χ2v) is 10.8. The Hall–Kier alpha value is -3.34. The van der Waals surface area contributed by atoms with Gasteiger partial charge in [-0.2, -0.15) is 0 Å². The van der Waals surface area contributed by atoms with E-state index in [9.17, 15) is 13.2 Å². The Bertz CT molecular complexity index is 1670. The van der Waals surface area contributed by atoms with E-state index >= 15 is 0 Å². The number of sulfonamides is 1. The number of primary sulfonamides is 1. The molecule has 9 nitrogen and oxygen atoms in total. The van der Waals surface area contributed by atoms with Crippen molar-refractivity contribution < 1.29 is 17.6 Å². The van der Waals surface area contributed by atoms with Gasteiger partial charge in [0.15, 0.2) is 11.2 Å². The van der Waals surface area contributed by atoms with E-state index in [1.165, 1.54) is 12.1 Å². The van der Waals surface area contributed by atoms with Crippen LogP contribution in [0, 0.1) is 13.8 Å². The molecule has 11 heteroatoms. The maximum Gasteiger partial charge on any atom is 0.259 e. The number of nitrogens with two attached hydrogens (primary N) is 1. The Morgan fingerprint density at radius 1 is 1.17 bits per heavy atom. The van der Waals surface area contributed by atoms with Crippen LogP contribution in [0.4, 0.5) is 0 Å². The lowest BCUT2D eigenvalue weighted by Gasteiger charge is -2.19. The minimum Gasteiger partial charge on any atom is -0.483 e. The molecule has 3 aromatic heterocycles. The van der Waals surface area contributed by atoms with Crippen LogP contribution >= 0.6 is 11.6 Å². The number of aryl methyl sites for hydroxylation is 1. The molecule has 2 N–H and O–H groups in total. The molecule has 1 aliphatic rings. The number of pyridine rings is 1. The average Bonchev–Trinajstić information content (AvgIpc) is 3.67. The maximum atomic E-state index is 13.4. The minimum atomic E-state index is -4.20. The second-order valence-electron chi connectivity index (χ2n) is 8.96. The number of fused-ring (bicyclic) bond motifs is 1. The van der Waals surface area contributed by atoms with Gasteiger partial charge in [-0.15, -0.1) is 0 Å². The summed E-state index contributed by atoms with van der Waals surface area (Å²) in [5, 5.41) is 5.17. The van der Waals surface area contributed by atoms with E-state index in [0.717, 1.165) is 24.2 Å². The number of rotatable bonds is 6. The first-order valence-electron chi connectivity index (χ1n) is 11.3. The maximum absolute atomic E-state index is 13.4. The summed E-state index contributed by atoms with van der Waals surface area (Å²) in [4.78, 5) is 26.1. The molecule has 36 heavy (non-hydrogen) atoms. The van der Waals surface area contributed by atoms with Crippen molar-refractivity contribution >= 4 is 32.6 Å². The van der Waals surface area contributed by atoms with Gasteiger partial charge in [-0.05, 0) is 63.4 Å². The molecule has 1 fully saturated rings. The van der Waals surface area contributed by atoms with Crippen molar-refractivity contribution in [3.63, 3.8) is 0 Å². The quantitative estimate of drug-likeness (QED) is 0.360. The third-order valence-corrected chi connectivity index (χ3v) is 7.11. The molecule has 186 valence electrons. The number of hydrogen-bond donors (Lipinski definition) is 1. The van der Waals surface area contributed by atoms with Gasteiger partial charge in [0.25, 0.3) is 10.0 Å². The molecule has 0 bridgehead atoms. The molecule has 1 aliphatic carbocycles. The Balaban J connectivity index is 1.62. The summed E-state index contributed by atoms with van der Waals surface area (Å²) in [5.74, 6) is 1.49. The van der Waals surface area contributed by atoms with Gasteiger partial charge in [0.05, 0.1) is 10.9 Å². The van der Waals surface area contributed by atoms with Gasteiger partial charge in [0.1, 0.15) is 28.4 Å². The van der Waals surface area contributed by atoms with Gasteiger partial charge >= 0.3 is 0 Å². The van der Waals surface area contributed by atoms with E-state index in [-0.39, 0.29) is 16.3 Å². The van der Waals surface area contributed by atoms with Crippen molar-refractivity contribution in [2.45, 2.75) is 50.7 Å². The van der Waals surface area contributed by atoms with Gasteiger partial charge in [-0.3, -0.25) is 4.79 Å². The van der Waals surface area contributed by atoms with Crippen molar-refractivity contribution in [1.82, 2.24) is 15.0 Å². The largest absolute Gasteiger partial charge is 0.483 e. The van der Waals surface area contributed by atoms with Crippen LogP contribution < -0.4 is 15.3 Å². The summed E-state index contributed by atoms with van der Waals surface area (Å²) in [6.45, 7) is 5.26. The molecule has 5 rings (SSSR count). The van der Waals surface area contributed by atoms with Crippen LogP contribution in [0.2, 0.25) is 5.15 Å². The smallest absolute Gasteiger partial charge is 0.259 e. The number of aromatic nitrogens is 3. The molecule has 1 aromatic carbocycles. The van der Waals surface area contributed by atoms with E-state index < -0.39 is 21.2 Å². The third kappa shape index (κ3) is 4.59. The Morgan fingerprint density at radius 3 is 2.50 bits per heavy atom. The van der Waals surface area contributed by atoms with Gasteiger partial charge in [-0.1, -0.05) is 11.6 Å². The standard InChI is InChI=1S/C25H23ClN4O5S/c1-12-8-17(14(3)34-19-6-7-20(26)30-25(19)36(27,32)33)23-18(9-12)21(31)13(2)22(35-23)16-10-28-24(29-11-16)15-4-5-15/h6-11,14-15H,4-5H2,1-3H3,(H2,27,32,33)/t14-/m1/s1. The van der Waals surface area contributed by atoms with E-state index in [0.29, 0.717) is 39.3 Å². The summed E-state index contributed by atoms with van der Waals surface area (Å²) in [7, 11) is -4.20. The zero-order valence-corrected chi connectivity index (χ0v) is 21.4. The van der Waals surface area contributed by atoms with Crippen LogP contribution in [-0.2, 0) is 10.0 Å². The van der Waals surface area contributed by atoms with Crippen molar-refractivity contribution in [2.24, 2.45) is 5.14 Å². The molecule has 3 heterocycles. The van der Waals surface area contributed by atoms with Crippen LogP contribution in [0.25, 0.3) is 22.3 Å². The molecule has 0 saturated heterocycles. The fraction of sp³-hybridized carbons (Fsp3) is 0.280. The van der Waals surface area contributed by atoms with Crippen LogP contribution in [0.1, 0.15) is 54.3 Å². The fourth-order valence-electron chi connectivity index (χ4n) is 4.11. The zero-order valence-electron chi connectivity index (χ0n) is 19.8. The van der Waals surface area contributed by atoms with Crippen LogP contribution in [0.15, 0.2) is 50.9 Å². The van der Waals surface area contributed by atoms with E-state index in [4.69, 9.17) is 25.9 Å². The molecular formula is C25H23ClN4O5S. The third-order valence-electron chi connectivity index (χ3n) is 6.07. The first-order valence-corrected chi connectivity index (χ1v) is 13.2. The Kier molecular flexibility index (Phi) is 6.06. The van der Waals surface area contributed by atoms with E-state index in [2.05, 4.69) is 15.0 Å².